The third kappa shape index (κ3) is 4.91. The largest absolute Gasteiger partial charge is 0.0824 e. The smallest absolute Gasteiger partial charge is 0.0809 e. The first kappa shape index (κ1) is 30.3. The molecule has 0 aliphatic heterocycles. The first-order valence-corrected chi connectivity index (χ1v) is 13.8. The van der Waals surface area contributed by atoms with E-state index in [-0.39, 0.29) is 87.0 Å². The fourth-order valence-corrected chi connectivity index (χ4v) is 7.12. The van der Waals surface area contributed by atoms with E-state index in [4.69, 9.17) is 162 Å². The molecule has 0 unspecified atom stereocenters. The second-order valence-electron chi connectivity index (χ2n) is 6.69. The van der Waals surface area contributed by atoms with Gasteiger partial charge in [0.15, 0.2) is 0 Å². The number of hydrogen-bond acceptors (Lipinski definition) is 0. The van der Waals surface area contributed by atoms with Crippen LogP contribution in [0.15, 0.2) is 0 Å². The van der Waals surface area contributed by atoms with Gasteiger partial charge in [0.05, 0.1) is 70.3 Å². The van der Waals surface area contributed by atoms with E-state index in [1.165, 1.54) is 0 Å². The fraction of sp³-hybridized carbons (Fsp3) is 0.100. The third-order valence-corrected chi connectivity index (χ3v) is 11.4. The standard InChI is InChI=1S/C20H4Cl14/c1-2-7(21)9(23)4(10(24)8(2)22)3(5-11(25)15(29)19(33)16(30)12(5)26)6-13(27)17(31)20(34)18(32)14(6)28/h3H,1H3. The molecule has 0 amide bonds. The molecule has 0 saturated carbocycles. The van der Waals surface area contributed by atoms with Gasteiger partial charge in [0, 0.05) is 22.6 Å². The Morgan fingerprint density at radius 1 is 0.294 bits per heavy atom. The molecular weight excluding hydrogens is 737 g/mol. The van der Waals surface area contributed by atoms with Crippen LogP contribution in [0.2, 0.25) is 70.3 Å². The van der Waals surface area contributed by atoms with Crippen molar-refractivity contribution in [3.05, 3.63) is 92.6 Å². The number of rotatable bonds is 3. The molecule has 0 spiro atoms. The van der Waals surface area contributed by atoms with Crippen LogP contribution < -0.4 is 0 Å². The minimum absolute atomic E-state index is 0.00206. The molecule has 0 aromatic heterocycles. The van der Waals surface area contributed by atoms with Gasteiger partial charge in [-0.15, -0.1) is 0 Å². The number of hydrogen-bond donors (Lipinski definition) is 0. The number of halogens is 14. The summed E-state index contributed by atoms with van der Waals surface area (Å²) in [6.07, 6.45) is 0. The van der Waals surface area contributed by atoms with E-state index >= 15 is 0 Å². The van der Waals surface area contributed by atoms with E-state index < -0.39 is 5.92 Å². The minimum Gasteiger partial charge on any atom is -0.0824 e. The van der Waals surface area contributed by atoms with Gasteiger partial charge in [-0.3, -0.25) is 0 Å². The van der Waals surface area contributed by atoms with Crippen LogP contribution in [0.25, 0.3) is 0 Å². The molecule has 0 radical (unpaired) electrons. The normalized spacial score (nSPS) is 11.6. The SMILES string of the molecule is Cc1c(Cl)c(Cl)c(C(c2c(Cl)c(Cl)c(Cl)c(Cl)c2Cl)c2c(Cl)c(Cl)c(Cl)c(Cl)c2Cl)c(Cl)c1Cl. The molecule has 0 heterocycles. The van der Waals surface area contributed by atoms with Crippen LogP contribution in [0, 0.1) is 6.92 Å². The first-order chi connectivity index (χ1) is 15.7. The van der Waals surface area contributed by atoms with E-state index in [1.807, 2.05) is 0 Å². The Labute approximate surface area is 265 Å². The molecule has 34 heavy (non-hydrogen) atoms. The van der Waals surface area contributed by atoms with Crippen molar-refractivity contribution in [3.63, 3.8) is 0 Å². The van der Waals surface area contributed by atoms with E-state index in [1.54, 1.807) is 6.92 Å². The van der Waals surface area contributed by atoms with Crippen molar-refractivity contribution in [1.82, 2.24) is 0 Å². The summed E-state index contributed by atoms with van der Waals surface area (Å²) in [6.45, 7) is 1.63. The molecule has 0 bridgehead atoms. The Bertz CT molecular complexity index is 1110. The Kier molecular flexibility index (Phi) is 10.2. The van der Waals surface area contributed by atoms with Crippen molar-refractivity contribution in [3.8, 4) is 0 Å². The predicted molar refractivity (Wildman–Crippen MR) is 155 cm³/mol. The summed E-state index contributed by atoms with van der Waals surface area (Å²) in [5.74, 6) is -1.19. The molecule has 0 aliphatic rings. The van der Waals surface area contributed by atoms with Gasteiger partial charge < -0.3 is 0 Å². The lowest BCUT2D eigenvalue weighted by Gasteiger charge is -2.28. The first-order valence-electron chi connectivity index (χ1n) is 8.51. The molecule has 3 aromatic carbocycles. The second kappa shape index (κ2) is 11.4. The van der Waals surface area contributed by atoms with Crippen LogP contribution in [-0.2, 0) is 0 Å². The van der Waals surface area contributed by atoms with Gasteiger partial charge in [0.2, 0.25) is 0 Å². The predicted octanol–water partition coefficient (Wildman–Crippen LogP) is 14.3. The van der Waals surface area contributed by atoms with Crippen molar-refractivity contribution in [1.29, 1.82) is 0 Å². The summed E-state index contributed by atoms with van der Waals surface area (Å²) in [4.78, 5) is 0. The van der Waals surface area contributed by atoms with E-state index in [0.717, 1.165) is 0 Å². The summed E-state index contributed by atoms with van der Waals surface area (Å²) in [6, 6.07) is 0. The van der Waals surface area contributed by atoms with Crippen molar-refractivity contribution in [2.75, 3.05) is 0 Å². The quantitative estimate of drug-likeness (QED) is 0.143. The van der Waals surface area contributed by atoms with Gasteiger partial charge >= 0.3 is 0 Å². The summed E-state index contributed by atoms with van der Waals surface area (Å²) >= 11 is 90.5. The van der Waals surface area contributed by atoms with Crippen LogP contribution in [0.5, 0.6) is 0 Å². The molecule has 3 rings (SSSR count). The van der Waals surface area contributed by atoms with E-state index in [0.29, 0.717) is 5.56 Å². The molecular formula is C20H4Cl14. The molecule has 3 aromatic rings. The van der Waals surface area contributed by atoms with Crippen LogP contribution in [0.1, 0.15) is 28.2 Å². The molecule has 0 fully saturated rings. The van der Waals surface area contributed by atoms with Gasteiger partial charge in [0.25, 0.3) is 0 Å². The van der Waals surface area contributed by atoms with Gasteiger partial charge in [0.1, 0.15) is 0 Å². The van der Waals surface area contributed by atoms with E-state index in [2.05, 4.69) is 0 Å². The van der Waals surface area contributed by atoms with Gasteiger partial charge in [-0.1, -0.05) is 162 Å². The van der Waals surface area contributed by atoms with Crippen molar-refractivity contribution >= 4 is 162 Å². The van der Waals surface area contributed by atoms with Crippen molar-refractivity contribution < 1.29 is 0 Å². The average Bonchev–Trinajstić information content (AvgIpc) is 2.81. The highest BCUT2D eigenvalue weighted by Gasteiger charge is 2.37. The summed E-state index contributed by atoms with van der Waals surface area (Å²) in [5, 5.41) is -0.753. The lowest BCUT2D eigenvalue weighted by atomic mass is 9.84. The lowest BCUT2D eigenvalue weighted by molar-refractivity contribution is 0.977. The minimum atomic E-state index is -1.19. The van der Waals surface area contributed by atoms with Gasteiger partial charge in [-0.05, 0) is 12.5 Å². The maximum Gasteiger partial charge on any atom is 0.0809 e. The zero-order chi connectivity index (χ0) is 26.0. The highest BCUT2D eigenvalue weighted by atomic mass is 35.5. The topological polar surface area (TPSA) is 0 Å². The van der Waals surface area contributed by atoms with Crippen LogP contribution >= 0.6 is 162 Å². The van der Waals surface area contributed by atoms with Gasteiger partial charge in [-0.25, -0.2) is 0 Å². The van der Waals surface area contributed by atoms with Crippen LogP contribution in [0.4, 0.5) is 0 Å². The maximum atomic E-state index is 6.67. The summed E-state index contributed by atoms with van der Waals surface area (Å²) in [7, 11) is 0. The molecule has 0 N–H and O–H groups in total. The average molecular weight is 741 g/mol. The molecule has 14 heteroatoms. The summed E-state index contributed by atoms with van der Waals surface area (Å²) in [5.41, 5.74) is 0.719. The highest BCUT2D eigenvalue weighted by molar-refractivity contribution is 6.57. The Morgan fingerprint density at radius 2 is 0.471 bits per heavy atom. The molecule has 0 aliphatic carbocycles. The zero-order valence-electron chi connectivity index (χ0n) is 15.9. The molecule has 0 atom stereocenters. The highest BCUT2D eigenvalue weighted by Crippen LogP contribution is 2.58. The zero-order valence-corrected chi connectivity index (χ0v) is 26.5. The van der Waals surface area contributed by atoms with Gasteiger partial charge in [-0.2, -0.15) is 0 Å². The molecule has 182 valence electrons. The Morgan fingerprint density at radius 3 is 0.706 bits per heavy atom. The Hall–Kier alpha value is 1.72. The van der Waals surface area contributed by atoms with Crippen molar-refractivity contribution in [2.24, 2.45) is 0 Å². The lowest BCUT2D eigenvalue weighted by Crippen LogP contribution is -2.11. The van der Waals surface area contributed by atoms with Crippen LogP contribution in [0.3, 0.4) is 0 Å². The maximum absolute atomic E-state index is 6.67. The van der Waals surface area contributed by atoms with E-state index in [9.17, 15) is 0 Å². The third-order valence-electron chi connectivity index (χ3n) is 4.87. The summed E-state index contributed by atoms with van der Waals surface area (Å²) < 4.78 is 0. The fourth-order valence-electron chi connectivity index (χ4n) is 3.20. The monoisotopic (exact) mass is 734 g/mol. The second-order valence-corrected chi connectivity index (χ2v) is 12.0. The Balaban J connectivity index is 2.68. The van der Waals surface area contributed by atoms with Crippen LogP contribution in [-0.4, -0.2) is 0 Å². The van der Waals surface area contributed by atoms with Crippen molar-refractivity contribution in [2.45, 2.75) is 12.8 Å². The molecule has 0 nitrogen and oxygen atoms in total. The molecule has 0 saturated heterocycles. The number of benzene rings is 3.